The van der Waals surface area contributed by atoms with E-state index >= 15 is 0 Å². The van der Waals surface area contributed by atoms with Crippen molar-refractivity contribution in [2.75, 3.05) is 6.54 Å². The molecule has 0 aromatic heterocycles. The Balaban J connectivity index is 2.17. The molecule has 0 atom stereocenters. The van der Waals surface area contributed by atoms with E-state index in [1.54, 1.807) is 0 Å². The first kappa shape index (κ1) is 10.8. The summed E-state index contributed by atoms with van der Waals surface area (Å²) in [6.07, 6.45) is 4.42. The van der Waals surface area contributed by atoms with Gasteiger partial charge in [-0.2, -0.15) is 0 Å². The minimum Gasteiger partial charge on any atom is -0.346 e. The number of nitrogens with zero attached hydrogens (tertiary/aromatic N) is 1. The predicted octanol–water partition coefficient (Wildman–Crippen LogP) is 3.16. The van der Waals surface area contributed by atoms with Crippen molar-refractivity contribution in [3.63, 3.8) is 0 Å². The molecule has 1 N–H and O–H groups in total. The molecule has 2 nitrogen and oxygen atoms in total. The van der Waals surface area contributed by atoms with Gasteiger partial charge < -0.3 is 10.2 Å². The molecule has 0 aliphatic carbocycles. The molecule has 0 saturated heterocycles. The topological polar surface area (TPSA) is 15.3 Å². The van der Waals surface area contributed by atoms with E-state index in [4.69, 9.17) is 0 Å². The molecule has 0 spiro atoms. The fourth-order valence-electron chi connectivity index (χ4n) is 1.87. The Morgan fingerprint density at radius 2 is 2.00 bits per heavy atom. The Morgan fingerprint density at radius 3 is 2.69 bits per heavy atom. The zero-order valence-electron chi connectivity index (χ0n) is 9.74. The van der Waals surface area contributed by atoms with Gasteiger partial charge in [0.1, 0.15) is 5.82 Å². The van der Waals surface area contributed by atoms with Gasteiger partial charge in [0.2, 0.25) is 0 Å². The van der Waals surface area contributed by atoms with Crippen LogP contribution in [0.2, 0.25) is 0 Å². The zero-order valence-corrected chi connectivity index (χ0v) is 9.74. The highest BCUT2D eigenvalue weighted by Gasteiger charge is 2.18. The van der Waals surface area contributed by atoms with Crippen LogP contribution in [0.5, 0.6) is 0 Å². The molecule has 2 heteroatoms. The minimum absolute atomic E-state index is 0.979. The van der Waals surface area contributed by atoms with E-state index in [0.29, 0.717) is 0 Å². The van der Waals surface area contributed by atoms with Crippen molar-refractivity contribution in [3.8, 4) is 0 Å². The fourth-order valence-corrected chi connectivity index (χ4v) is 1.87. The molecular formula is C14H18N2. The first-order valence-corrected chi connectivity index (χ1v) is 5.81. The molecule has 84 valence electrons. The van der Waals surface area contributed by atoms with E-state index in [1.807, 2.05) is 12.3 Å². The van der Waals surface area contributed by atoms with Gasteiger partial charge in [0.15, 0.2) is 0 Å². The summed E-state index contributed by atoms with van der Waals surface area (Å²) in [4.78, 5) is 2.25. The minimum atomic E-state index is 0.979. The van der Waals surface area contributed by atoms with Crippen LogP contribution in [0.25, 0.3) is 5.70 Å². The molecule has 1 aliphatic rings. The van der Waals surface area contributed by atoms with Crippen molar-refractivity contribution in [2.45, 2.75) is 19.8 Å². The highest BCUT2D eigenvalue weighted by Crippen LogP contribution is 2.26. The lowest BCUT2D eigenvalue weighted by molar-refractivity contribution is 0.471. The van der Waals surface area contributed by atoms with E-state index in [-0.39, 0.29) is 0 Å². The van der Waals surface area contributed by atoms with Gasteiger partial charge in [-0.05, 0) is 12.0 Å². The molecule has 0 fully saturated rings. The molecule has 0 saturated carbocycles. The second-order valence-electron chi connectivity index (χ2n) is 3.99. The van der Waals surface area contributed by atoms with Crippen molar-refractivity contribution in [1.29, 1.82) is 0 Å². The van der Waals surface area contributed by atoms with Crippen LogP contribution in [0.4, 0.5) is 0 Å². The Hall–Kier alpha value is -1.70. The molecule has 1 aromatic rings. The number of unbranched alkanes of at least 4 members (excludes halogenated alkanes) is 1. The lowest BCUT2D eigenvalue weighted by atomic mass is 10.1. The molecule has 1 aromatic carbocycles. The van der Waals surface area contributed by atoms with Crippen LogP contribution in [-0.2, 0) is 0 Å². The Bertz CT molecular complexity index is 392. The van der Waals surface area contributed by atoms with Crippen LogP contribution in [0.3, 0.4) is 0 Å². The number of hydrogen-bond acceptors (Lipinski definition) is 2. The Morgan fingerprint density at radius 1 is 1.25 bits per heavy atom. The first-order valence-electron chi connectivity index (χ1n) is 5.81. The molecule has 0 radical (unpaired) electrons. The summed E-state index contributed by atoms with van der Waals surface area (Å²) in [7, 11) is 0. The highest BCUT2D eigenvalue weighted by atomic mass is 15.3. The largest absolute Gasteiger partial charge is 0.346 e. The summed E-state index contributed by atoms with van der Waals surface area (Å²) >= 11 is 0. The molecule has 0 bridgehead atoms. The molecule has 1 heterocycles. The first-order chi connectivity index (χ1) is 7.83. The molecule has 0 unspecified atom stereocenters. The normalized spacial score (nSPS) is 14.9. The summed E-state index contributed by atoms with van der Waals surface area (Å²) in [5.41, 5.74) is 2.46. The summed E-state index contributed by atoms with van der Waals surface area (Å²) in [5, 5.41) is 3.20. The molecular weight excluding hydrogens is 196 g/mol. The van der Waals surface area contributed by atoms with Gasteiger partial charge >= 0.3 is 0 Å². The van der Waals surface area contributed by atoms with Crippen LogP contribution in [0.15, 0.2) is 48.9 Å². The number of hydrogen-bond donors (Lipinski definition) is 1. The zero-order chi connectivity index (χ0) is 11.4. The van der Waals surface area contributed by atoms with Gasteiger partial charge in [-0.1, -0.05) is 50.3 Å². The SMILES string of the molecule is C=C1NC=C(c2ccccc2)N1CCCC. The number of benzene rings is 1. The quantitative estimate of drug-likeness (QED) is 0.828. The maximum Gasteiger partial charge on any atom is 0.102 e. The smallest absolute Gasteiger partial charge is 0.102 e. The third kappa shape index (κ3) is 2.11. The van der Waals surface area contributed by atoms with E-state index in [2.05, 4.69) is 48.0 Å². The summed E-state index contributed by atoms with van der Waals surface area (Å²) in [6.45, 7) is 7.26. The third-order valence-corrected chi connectivity index (χ3v) is 2.80. The molecule has 0 amide bonds. The second kappa shape index (κ2) is 4.88. The van der Waals surface area contributed by atoms with Crippen LogP contribution in [0.1, 0.15) is 25.3 Å². The summed E-state index contributed by atoms with van der Waals surface area (Å²) in [5.74, 6) is 0.979. The van der Waals surface area contributed by atoms with E-state index in [0.717, 1.165) is 12.4 Å². The Kier molecular flexibility index (Phi) is 3.30. The lowest BCUT2D eigenvalue weighted by Crippen LogP contribution is -2.21. The van der Waals surface area contributed by atoms with Gasteiger partial charge in [-0.25, -0.2) is 0 Å². The second-order valence-corrected chi connectivity index (χ2v) is 3.99. The van der Waals surface area contributed by atoms with E-state index < -0.39 is 0 Å². The summed E-state index contributed by atoms with van der Waals surface area (Å²) < 4.78 is 0. The number of nitrogens with one attached hydrogen (secondary N) is 1. The van der Waals surface area contributed by atoms with Gasteiger partial charge in [0.25, 0.3) is 0 Å². The maximum atomic E-state index is 4.03. The maximum absolute atomic E-state index is 4.03. The van der Waals surface area contributed by atoms with E-state index in [1.165, 1.54) is 24.1 Å². The molecule has 1 aliphatic heterocycles. The van der Waals surface area contributed by atoms with Gasteiger partial charge in [-0.15, -0.1) is 0 Å². The number of rotatable bonds is 4. The van der Waals surface area contributed by atoms with Crippen LogP contribution in [-0.4, -0.2) is 11.4 Å². The van der Waals surface area contributed by atoms with Crippen LogP contribution in [0, 0.1) is 0 Å². The van der Waals surface area contributed by atoms with Crippen molar-refractivity contribution >= 4 is 5.70 Å². The van der Waals surface area contributed by atoms with Crippen LogP contribution < -0.4 is 5.32 Å². The van der Waals surface area contributed by atoms with Gasteiger partial charge in [0.05, 0.1) is 5.70 Å². The summed E-state index contributed by atoms with van der Waals surface area (Å²) in [6, 6.07) is 10.4. The van der Waals surface area contributed by atoms with E-state index in [9.17, 15) is 0 Å². The molecule has 16 heavy (non-hydrogen) atoms. The fraction of sp³-hybridized carbons (Fsp3) is 0.286. The van der Waals surface area contributed by atoms with Crippen molar-refractivity contribution < 1.29 is 0 Å². The molecule has 2 rings (SSSR count). The monoisotopic (exact) mass is 214 g/mol. The lowest BCUT2D eigenvalue weighted by Gasteiger charge is -2.22. The van der Waals surface area contributed by atoms with Crippen molar-refractivity contribution in [1.82, 2.24) is 10.2 Å². The van der Waals surface area contributed by atoms with Crippen molar-refractivity contribution in [3.05, 3.63) is 54.5 Å². The highest BCUT2D eigenvalue weighted by molar-refractivity contribution is 5.67. The average molecular weight is 214 g/mol. The standard InChI is InChI=1S/C14H18N2/c1-3-4-10-16-12(2)15-11-14(16)13-8-6-5-7-9-13/h5-9,11,15H,2-4,10H2,1H3. The predicted molar refractivity (Wildman–Crippen MR) is 68.3 cm³/mol. The van der Waals surface area contributed by atoms with Gasteiger partial charge in [-0.3, -0.25) is 0 Å². The van der Waals surface area contributed by atoms with Gasteiger partial charge in [0, 0.05) is 12.7 Å². The Labute approximate surface area is 97.3 Å². The third-order valence-electron chi connectivity index (χ3n) is 2.80. The van der Waals surface area contributed by atoms with Crippen LogP contribution >= 0.6 is 0 Å². The van der Waals surface area contributed by atoms with Crippen molar-refractivity contribution in [2.24, 2.45) is 0 Å². The average Bonchev–Trinajstić information content (AvgIpc) is 2.69.